The van der Waals surface area contributed by atoms with Gasteiger partial charge in [0.05, 0.1) is 9.15 Å². The highest BCUT2D eigenvalue weighted by Crippen LogP contribution is 2.36. The van der Waals surface area contributed by atoms with Gasteiger partial charge in [-0.05, 0) is 78.6 Å². The van der Waals surface area contributed by atoms with Gasteiger partial charge in [-0.15, -0.1) is 11.3 Å². The fraction of sp³-hybridized carbons (Fsp3) is 0.500. The molecule has 5 heteroatoms. The zero-order chi connectivity index (χ0) is 14.5. The summed E-state index contributed by atoms with van der Waals surface area (Å²) in [4.78, 5) is 1.58. The Bertz CT molecular complexity index is 553. The van der Waals surface area contributed by atoms with E-state index in [9.17, 15) is 0 Å². The number of rotatable bonds is 7. The molecule has 2 heterocycles. The number of thiophene rings is 1. The summed E-state index contributed by atoms with van der Waals surface area (Å²) in [5, 5.41) is 3.68. The average molecular weight is 417 g/mol. The van der Waals surface area contributed by atoms with Crippen molar-refractivity contribution in [3.63, 3.8) is 0 Å². The smallest absolute Gasteiger partial charge is 0.129 e. The molecule has 0 spiro atoms. The lowest BCUT2D eigenvalue weighted by molar-refractivity contribution is 0.103. The van der Waals surface area contributed by atoms with Gasteiger partial charge in [0, 0.05) is 17.5 Å². The summed E-state index contributed by atoms with van der Waals surface area (Å²) in [7, 11) is 0. The van der Waals surface area contributed by atoms with Crippen LogP contribution in [0.3, 0.4) is 0 Å². The molecule has 21 heavy (non-hydrogen) atoms. The summed E-state index contributed by atoms with van der Waals surface area (Å²) in [5.74, 6) is 0.896. The van der Waals surface area contributed by atoms with Crippen LogP contribution in [0, 0.1) is 2.88 Å². The normalized spacial score (nSPS) is 17.9. The van der Waals surface area contributed by atoms with Gasteiger partial charge in [-0.2, -0.15) is 0 Å². The SMILES string of the molecule is Ic1cc2c(s1)CCCC2NCCCOCc1ccco1. The molecule has 0 saturated heterocycles. The van der Waals surface area contributed by atoms with Crippen molar-refractivity contribution < 1.29 is 9.15 Å². The molecule has 3 nitrogen and oxygen atoms in total. The average Bonchev–Trinajstić information content (AvgIpc) is 3.11. The molecular weight excluding hydrogens is 397 g/mol. The Morgan fingerprint density at radius 2 is 2.43 bits per heavy atom. The van der Waals surface area contributed by atoms with E-state index >= 15 is 0 Å². The molecule has 0 bridgehead atoms. The molecule has 0 aromatic carbocycles. The second-order valence-corrected chi connectivity index (χ2v) is 8.34. The maximum Gasteiger partial charge on any atom is 0.129 e. The molecule has 3 rings (SSSR count). The standard InChI is InChI=1S/C16H20INO2S/c17-16-10-13-14(5-1-6-15(13)21-16)18-7-3-8-19-11-12-4-2-9-20-12/h2,4,9-10,14,18H,1,3,5-8,11H2. The molecule has 114 valence electrons. The lowest BCUT2D eigenvalue weighted by atomic mass is 9.94. The number of hydrogen-bond donors (Lipinski definition) is 1. The Morgan fingerprint density at radius 1 is 1.48 bits per heavy atom. The number of ether oxygens (including phenoxy) is 1. The second kappa shape index (κ2) is 7.76. The monoisotopic (exact) mass is 417 g/mol. The van der Waals surface area contributed by atoms with Gasteiger partial charge in [-0.25, -0.2) is 0 Å². The minimum Gasteiger partial charge on any atom is -0.467 e. The molecule has 1 unspecified atom stereocenters. The third kappa shape index (κ3) is 4.31. The molecule has 1 aliphatic rings. The molecular formula is C16H20INO2S. The predicted octanol–water partition coefficient (Wildman–Crippen LogP) is 4.52. The molecule has 1 atom stereocenters. The van der Waals surface area contributed by atoms with Crippen LogP contribution in [0.1, 0.15) is 41.5 Å². The van der Waals surface area contributed by atoms with Gasteiger partial charge in [0.2, 0.25) is 0 Å². The van der Waals surface area contributed by atoms with Gasteiger partial charge in [-0.1, -0.05) is 0 Å². The molecule has 2 aromatic heterocycles. The Balaban J connectivity index is 1.36. The lowest BCUT2D eigenvalue weighted by Crippen LogP contribution is -2.25. The zero-order valence-electron chi connectivity index (χ0n) is 11.9. The summed E-state index contributed by atoms with van der Waals surface area (Å²) in [6.45, 7) is 2.35. The Hall–Kier alpha value is -0.370. The van der Waals surface area contributed by atoms with Crippen LogP contribution in [0.15, 0.2) is 28.9 Å². The van der Waals surface area contributed by atoms with E-state index in [1.54, 1.807) is 11.1 Å². The van der Waals surface area contributed by atoms with Crippen LogP contribution in [0.5, 0.6) is 0 Å². The number of hydrogen-bond acceptors (Lipinski definition) is 4. The number of furan rings is 1. The Kier molecular flexibility index (Phi) is 5.74. The molecule has 0 saturated carbocycles. The van der Waals surface area contributed by atoms with E-state index in [-0.39, 0.29) is 0 Å². The maximum atomic E-state index is 5.61. The highest BCUT2D eigenvalue weighted by atomic mass is 127. The van der Waals surface area contributed by atoms with Crippen LogP contribution in [-0.2, 0) is 17.8 Å². The van der Waals surface area contributed by atoms with E-state index in [1.807, 2.05) is 23.5 Å². The fourth-order valence-electron chi connectivity index (χ4n) is 2.75. The second-order valence-electron chi connectivity index (χ2n) is 5.31. The van der Waals surface area contributed by atoms with E-state index in [4.69, 9.17) is 9.15 Å². The van der Waals surface area contributed by atoms with Gasteiger partial charge in [0.25, 0.3) is 0 Å². The number of fused-ring (bicyclic) bond motifs is 1. The van der Waals surface area contributed by atoms with Crippen LogP contribution >= 0.6 is 33.9 Å². The summed E-state index contributed by atoms with van der Waals surface area (Å²) in [6.07, 6.45) is 6.54. The number of nitrogens with one attached hydrogen (secondary N) is 1. The molecule has 0 fully saturated rings. The molecule has 0 amide bonds. The first-order chi connectivity index (χ1) is 10.3. The van der Waals surface area contributed by atoms with Crippen LogP contribution in [0.4, 0.5) is 0 Å². The zero-order valence-corrected chi connectivity index (χ0v) is 14.9. The highest BCUT2D eigenvalue weighted by molar-refractivity contribution is 14.1. The van der Waals surface area contributed by atoms with Crippen molar-refractivity contribution in [2.75, 3.05) is 13.2 Å². The molecule has 1 aliphatic carbocycles. The van der Waals surface area contributed by atoms with Crippen molar-refractivity contribution in [3.8, 4) is 0 Å². The van der Waals surface area contributed by atoms with Crippen molar-refractivity contribution in [3.05, 3.63) is 43.5 Å². The fourth-order valence-corrected chi connectivity index (χ4v) is 4.87. The first-order valence-corrected chi connectivity index (χ1v) is 9.34. The van der Waals surface area contributed by atoms with Gasteiger partial charge < -0.3 is 14.5 Å². The minimum absolute atomic E-state index is 0.540. The van der Waals surface area contributed by atoms with Gasteiger partial charge in [0.1, 0.15) is 12.4 Å². The van der Waals surface area contributed by atoms with Gasteiger partial charge >= 0.3 is 0 Å². The van der Waals surface area contributed by atoms with E-state index < -0.39 is 0 Å². The van der Waals surface area contributed by atoms with E-state index in [0.717, 1.165) is 25.3 Å². The van der Waals surface area contributed by atoms with Crippen LogP contribution in [0.25, 0.3) is 0 Å². The Labute approximate surface area is 143 Å². The van der Waals surface area contributed by atoms with E-state index in [2.05, 4.69) is 34.0 Å². The lowest BCUT2D eigenvalue weighted by Gasteiger charge is -2.23. The summed E-state index contributed by atoms with van der Waals surface area (Å²) in [5.41, 5.74) is 1.53. The van der Waals surface area contributed by atoms with Crippen molar-refractivity contribution in [1.29, 1.82) is 0 Å². The van der Waals surface area contributed by atoms with Crippen LogP contribution in [-0.4, -0.2) is 13.2 Å². The summed E-state index contributed by atoms with van der Waals surface area (Å²) < 4.78 is 12.3. The third-order valence-corrected chi connectivity index (χ3v) is 5.74. The molecule has 2 aromatic rings. The van der Waals surface area contributed by atoms with Crippen molar-refractivity contribution in [2.45, 2.75) is 38.3 Å². The number of halogens is 1. The first-order valence-electron chi connectivity index (χ1n) is 7.44. The van der Waals surface area contributed by atoms with Crippen LogP contribution in [0.2, 0.25) is 0 Å². The number of aryl methyl sites for hydroxylation is 1. The van der Waals surface area contributed by atoms with Crippen LogP contribution < -0.4 is 5.32 Å². The molecule has 0 aliphatic heterocycles. The van der Waals surface area contributed by atoms with Gasteiger partial charge in [-0.3, -0.25) is 0 Å². The molecule has 1 N–H and O–H groups in total. The summed E-state index contributed by atoms with van der Waals surface area (Å²) >= 11 is 4.38. The Morgan fingerprint density at radius 3 is 3.29 bits per heavy atom. The van der Waals surface area contributed by atoms with E-state index in [0.29, 0.717) is 12.6 Å². The topological polar surface area (TPSA) is 34.4 Å². The highest BCUT2D eigenvalue weighted by Gasteiger charge is 2.21. The molecule has 0 radical (unpaired) electrons. The third-order valence-electron chi connectivity index (χ3n) is 3.76. The minimum atomic E-state index is 0.540. The van der Waals surface area contributed by atoms with E-state index in [1.165, 1.54) is 27.7 Å². The van der Waals surface area contributed by atoms with Crippen molar-refractivity contribution >= 4 is 33.9 Å². The predicted molar refractivity (Wildman–Crippen MR) is 93.7 cm³/mol. The van der Waals surface area contributed by atoms with Crippen molar-refractivity contribution in [2.24, 2.45) is 0 Å². The first kappa shape index (κ1) is 15.5. The largest absolute Gasteiger partial charge is 0.467 e. The maximum absolute atomic E-state index is 5.61. The van der Waals surface area contributed by atoms with Crippen molar-refractivity contribution in [1.82, 2.24) is 5.32 Å². The quantitative estimate of drug-likeness (QED) is 0.532. The van der Waals surface area contributed by atoms with Gasteiger partial charge in [0.15, 0.2) is 0 Å². The summed E-state index contributed by atoms with van der Waals surface area (Å²) in [6, 6.07) is 6.73.